The first-order chi connectivity index (χ1) is 7.24. The molecule has 1 aliphatic rings. The van der Waals surface area contributed by atoms with E-state index in [0.29, 0.717) is 12.0 Å². The highest BCUT2D eigenvalue weighted by Gasteiger charge is 2.31. The van der Waals surface area contributed by atoms with E-state index in [9.17, 15) is 0 Å². The molecule has 2 heterocycles. The molecule has 0 aromatic carbocycles. The quantitative estimate of drug-likeness (QED) is 0.848. The van der Waals surface area contributed by atoms with Crippen molar-refractivity contribution in [2.24, 2.45) is 10.7 Å². The summed E-state index contributed by atoms with van der Waals surface area (Å²) in [5.41, 5.74) is 8.85. The third-order valence-corrected chi connectivity index (χ3v) is 3.49. The fraction of sp³-hybridized carbons (Fsp3) is 0.600. The van der Waals surface area contributed by atoms with Crippen LogP contribution in [-0.2, 0) is 0 Å². The lowest BCUT2D eigenvalue weighted by Gasteiger charge is -2.30. The van der Waals surface area contributed by atoms with Crippen LogP contribution < -0.4 is 5.73 Å². The van der Waals surface area contributed by atoms with E-state index < -0.39 is 0 Å². The van der Waals surface area contributed by atoms with Crippen LogP contribution in [0.2, 0.25) is 0 Å². The van der Waals surface area contributed by atoms with Gasteiger partial charge in [0.2, 0.25) is 0 Å². The summed E-state index contributed by atoms with van der Waals surface area (Å²) < 4.78 is 0. The Balaban J connectivity index is 2.21. The van der Waals surface area contributed by atoms with Crippen molar-refractivity contribution < 1.29 is 0 Å². The number of aliphatic imine (C=N–C) groups is 1. The topological polar surface area (TPSA) is 54.5 Å². The number of nitrogens with two attached hydrogens (primary N) is 1. The summed E-state index contributed by atoms with van der Waals surface area (Å²) in [6.07, 6.45) is 1.07. The predicted molar refractivity (Wildman–Crippen MR) is 62.9 cm³/mol. The zero-order chi connectivity index (χ0) is 10.8. The van der Waals surface area contributed by atoms with Crippen LogP contribution in [0.5, 0.6) is 0 Å². The highest BCUT2D eigenvalue weighted by molar-refractivity contribution is 7.07. The molecular weight excluding hydrogens is 208 g/mol. The van der Waals surface area contributed by atoms with Crippen LogP contribution in [0.1, 0.15) is 32.0 Å². The molecule has 0 saturated carbocycles. The van der Waals surface area contributed by atoms with E-state index in [2.05, 4.69) is 34.1 Å². The van der Waals surface area contributed by atoms with Gasteiger partial charge in [-0.3, -0.25) is 4.99 Å². The summed E-state index contributed by atoms with van der Waals surface area (Å²) in [6, 6.07) is 0.661. The van der Waals surface area contributed by atoms with Crippen molar-refractivity contribution in [1.82, 2.24) is 9.88 Å². The minimum atomic E-state index is 0.242. The number of hydrogen-bond donors (Lipinski definition) is 1. The van der Waals surface area contributed by atoms with Crippen LogP contribution in [0.4, 0.5) is 0 Å². The van der Waals surface area contributed by atoms with Crippen LogP contribution in [0.15, 0.2) is 15.9 Å². The van der Waals surface area contributed by atoms with Crippen molar-refractivity contribution in [3.8, 4) is 0 Å². The van der Waals surface area contributed by atoms with Crippen LogP contribution in [0.3, 0.4) is 0 Å². The van der Waals surface area contributed by atoms with Crippen LogP contribution in [0.25, 0.3) is 0 Å². The zero-order valence-corrected chi connectivity index (χ0v) is 9.87. The third-order valence-electron chi connectivity index (χ3n) is 2.89. The van der Waals surface area contributed by atoms with Gasteiger partial charge in [0.15, 0.2) is 5.96 Å². The fourth-order valence-corrected chi connectivity index (χ4v) is 2.46. The SMILES string of the molecule is CCC(C)N1C(N)=NCC1c1cscn1. The molecule has 1 aliphatic heterocycles. The van der Waals surface area contributed by atoms with Gasteiger partial charge < -0.3 is 10.6 Å². The summed E-state index contributed by atoms with van der Waals surface area (Å²) in [5, 5.41) is 2.08. The molecule has 1 aromatic heterocycles. The average molecular weight is 224 g/mol. The van der Waals surface area contributed by atoms with Gasteiger partial charge in [0, 0.05) is 11.4 Å². The molecular formula is C10H16N4S. The van der Waals surface area contributed by atoms with E-state index in [1.54, 1.807) is 11.3 Å². The summed E-state index contributed by atoms with van der Waals surface area (Å²) in [4.78, 5) is 10.8. The first-order valence-electron chi connectivity index (χ1n) is 5.20. The molecule has 2 unspecified atom stereocenters. The van der Waals surface area contributed by atoms with Crippen LogP contribution in [-0.4, -0.2) is 28.4 Å². The van der Waals surface area contributed by atoms with E-state index >= 15 is 0 Å². The highest BCUT2D eigenvalue weighted by Crippen LogP contribution is 2.27. The van der Waals surface area contributed by atoms with Crippen molar-refractivity contribution in [2.45, 2.75) is 32.4 Å². The normalized spacial score (nSPS) is 22.9. The zero-order valence-electron chi connectivity index (χ0n) is 9.05. The monoisotopic (exact) mass is 224 g/mol. The Labute approximate surface area is 93.8 Å². The Morgan fingerprint density at radius 3 is 3.13 bits per heavy atom. The molecule has 0 saturated heterocycles. The molecule has 0 bridgehead atoms. The molecule has 2 N–H and O–H groups in total. The number of aromatic nitrogens is 1. The van der Waals surface area contributed by atoms with Gasteiger partial charge in [0.1, 0.15) is 0 Å². The predicted octanol–water partition coefficient (Wildman–Crippen LogP) is 1.61. The average Bonchev–Trinajstić information content (AvgIpc) is 2.85. The van der Waals surface area contributed by atoms with E-state index in [1.165, 1.54) is 0 Å². The van der Waals surface area contributed by atoms with Crippen molar-refractivity contribution in [2.75, 3.05) is 6.54 Å². The smallest absolute Gasteiger partial charge is 0.192 e. The number of nitrogens with zero attached hydrogens (tertiary/aromatic N) is 3. The molecule has 1 aromatic rings. The Kier molecular flexibility index (Phi) is 2.90. The van der Waals surface area contributed by atoms with Crippen LogP contribution in [0, 0.1) is 0 Å². The van der Waals surface area contributed by atoms with Gasteiger partial charge in [0.05, 0.1) is 23.8 Å². The summed E-state index contributed by atoms with van der Waals surface area (Å²) in [7, 11) is 0. The number of thiazole rings is 1. The summed E-state index contributed by atoms with van der Waals surface area (Å²) >= 11 is 1.62. The van der Waals surface area contributed by atoms with Gasteiger partial charge in [-0.15, -0.1) is 11.3 Å². The van der Waals surface area contributed by atoms with Gasteiger partial charge in [-0.25, -0.2) is 4.98 Å². The Morgan fingerprint density at radius 2 is 2.53 bits per heavy atom. The first kappa shape index (κ1) is 10.4. The van der Waals surface area contributed by atoms with Gasteiger partial charge in [-0.05, 0) is 13.3 Å². The minimum absolute atomic E-state index is 0.242. The Morgan fingerprint density at radius 1 is 1.73 bits per heavy atom. The van der Waals surface area contributed by atoms with Gasteiger partial charge >= 0.3 is 0 Å². The number of guanidine groups is 1. The summed E-state index contributed by atoms with van der Waals surface area (Å²) in [5.74, 6) is 0.655. The maximum Gasteiger partial charge on any atom is 0.192 e. The third kappa shape index (κ3) is 1.84. The maximum atomic E-state index is 5.90. The van der Waals surface area contributed by atoms with E-state index in [-0.39, 0.29) is 6.04 Å². The summed E-state index contributed by atoms with van der Waals surface area (Å²) in [6.45, 7) is 5.07. The van der Waals surface area contributed by atoms with Gasteiger partial charge in [0.25, 0.3) is 0 Å². The lowest BCUT2D eigenvalue weighted by Crippen LogP contribution is -2.42. The van der Waals surface area contributed by atoms with E-state index in [0.717, 1.165) is 18.7 Å². The second kappa shape index (κ2) is 4.18. The van der Waals surface area contributed by atoms with Crippen LogP contribution >= 0.6 is 11.3 Å². The second-order valence-corrected chi connectivity index (χ2v) is 4.51. The molecule has 2 rings (SSSR count). The lowest BCUT2D eigenvalue weighted by atomic mass is 10.1. The molecule has 0 spiro atoms. The van der Waals surface area contributed by atoms with Crippen molar-refractivity contribution in [1.29, 1.82) is 0 Å². The lowest BCUT2D eigenvalue weighted by molar-refractivity contribution is 0.265. The molecule has 0 aliphatic carbocycles. The second-order valence-electron chi connectivity index (χ2n) is 3.79. The molecule has 2 atom stereocenters. The minimum Gasteiger partial charge on any atom is -0.370 e. The first-order valence-corrected chi connectivity index (χ1v) is 6.14. The van der Waals surface area contributed by atoms with Gasteiger partial charge in [-0.2, -0.15) is 0 Å². The highest BCUT2D eigenvalue weighted by atomic mass is 32.1. The molecule has 0 radical (unpaired) electrons. The molecule has 0 fully saturated rings. The molecule has 4 nitrogen and oxygen atoms in total. The molecule has 0 amide bonds. The largest absolute Gasteiger partial charge is 0.370 e. The van der Waals surface area contributed by atoms with E-state index in [4.69, 9.17) is 5.73 Å². The van der Waals surface area contributed by atoms with Crippen molar-refractivity contribution in [3.05, 3.63) is 16.6 Å². The number of hydrogen-bond acceptors (Lipinski definition) is 5. The number of rotatable bonds is 3. The Hall–Kier alpha value is -1.10. The van der Waals surface area contributed by atoms with Gasteiger partial charge in [-0.1, -0.05) is 6.92 Å². The standard InChI is InChI=1S/C10H16N4S/c1-3-7(2)14-9(4-12-10(14)11)8-5-15-6-13-8/h5-7,9H,3-4H2,1-2H3,(H2,11,12). The van der Waals surface area contributed by atoms with Crippen molar-refractivity contribution >= 4 is 17.3 Å². The maximum absolute atomic E-state index is 5.90. The molecule has 15 heavy (non-hydrogen) atoms. The van der Waals surface area contributed by atoms with E-state index in [1.807, 2.05) is 5.51 Å². The van der Waals surface area contributed by atoms with Crippen molar-refractivity contribution in [3.63, 3.8) is 0 Å². The molecule has 5 heteroatoms. The fourth-order valence-electron chi connectivity index (χ4n) is 1.86. The Bertz CT molecular complexity index is 346. The molecule has 82 valence electrons.